The topological polar surface area (TPSA) is 79.5 Å². The summed E-state index contributed by atoms with van der Waals surface area (Å²) in [6, 6.07) is 23.2. The Labute approximate surface area is 256 Å². The van der Waals surface area contributed by atoms with Crippen LogP contribution in [-0.4, -0.2) is 22.0 Å². The fourth-order valence-corrected chi connectivity index (χ4v) is 11.1. The van der Waals surface area contributed by atoms with Crippen LogP contribution in [0.25, 0.3) is 0 Å². The maximum absolute atomic E-state index is 14.0. The lowest BCUT2D eigenvalue weighted by Crippen LogP contribution is -2.42. The molecular weight excluding hydrogens is 588 g/mol. The molecule has 1 N–H and O–H groups in total. The lowest BCUT2D eigenvalue weighted by molar-refractivity contribution is -0.123. The molecule has 212 valence electrons. The molecule has 3 fully saturated rings. The van der Waals surface area contributed by atoms with Crippen molar-refractivity contribution >= 4 is 52.2 Å². The van der Waals surface area contributed by atoms with Crippen molar-refractivity contribution in [1.82, 2.24) is 4.98 Å². The minimum atomic E-state index is -0.361. The van der Waals surface area contributed by atoms with Gasteiger partial charge in [-0.2, -0.15) is 0 Å². The molecule has 2 amide bonds. The van der Waals surface area contributed by atoms with Gasteiger partial charge in [0.2, 0.25) is 11.8 Å². The van der Waals surface area contributed by atoms with Gasteiger partial charge in [-0.3, -0.25) is 19.3 Å². The Morgan fingerprint density at radius 1 is 0.952 bits per heavy atom. The Kier molecular flexibility index (Phi) is 6.18. The molecule has 6 nitrogen and oxygen atoms in total. The van der Waals surface area contributed by atoms with E-state index in [9.17, 15) is 14.4 Å². The first-order chi connectivity index (χ1) is 20.4. The summed E-state index contributed by atoms with van der Waals surface area (Å²) in [6.45, 7) is 2.46. The molecule has 1 saturated heterocycles. The van der Waals surface area contributed by atoms with Gasteiger partial charge in [-0.1, -0.05) is 71.0 Å². The van der Waals surface area contributed by atoms with Crippen LogP contribution in [0.5, 0.6) is 5.75 Å². The number of benzene rings is 3. The van der Waals surface area contributed by atoms with Gasteiger partial charge in [-0.05, 0) is 67.0 Å². The minimum Gasteiger partial charge on any atom is -0.489 e. The second kappa shape index (κ2) is 9.86. The number of ether oxygens (including phenoxy) is 1. The van der Waals surface area contributed by atoms with Crippen molar-refractivity contribution in [3.05, 3.63) is 109 Å². The number of hydrogen-bond donors (Lipinski definition) is 1. The number of hydrogen-bond acceptors (Lipinski definition) is 6. The van der Waals surface area contributed by atoms with Crippen LogP contribution in [0.4, 0.5) is 5.69 Å². The average molecular weight is 615 g/mol. The van der Waals surface area contributed by atoms with Crippen molar-refractivity contribution in [1.29, 1.82) is 0 Å². The fourth-order valence-electron chi connectivity index (χ4n) is 8.05. The Hall–Kier alpha value is -3.33. The summed E-state index contributed by atoms with van der Waals surface area (Å²) in [5, 5.41) is 1.55. The number of imide groups is 1. The number of para-hydroxylation sites is 1. The molecule has 2 aliphatic heterocycles. The molecule has 5 unspecified atom stereocenters. The molecule has 9 heteroatoms. The van der Waals surface area contributed by atoms with E-state index in [4.69, 9.17) is 16.3 Å². The second-order valence-electron chi connectivity index (χ2n) is 11.8. The summed E-state index contributed by atoms with van der Waals surface area (Å²) >= 11 is 9.53. The third kappa shape index (κ3) is 3.95. The highest BCUT2D eigenvalue weighted by Crippen LogP contribution is 2.69. The number of carbonyl (C=O) groups is 2. The molecular formula is C33H27ClN2O4S2. The van der Waals surface area contributed by atoms with Gasteiger partial charge in [0.15, 0.2) is 0 Å². The second-order valence-corrected chi connectivity index (χ2v) is 14.4. The van der Waals surface area contributed by atoms with Crippen LogP contribution in [0.3, 0.4) is 0 Å². The molecule has 3 aromatic carbocycles. The number of amides is 2. The molecule has 42 heavy (non-hydrogen) atoms. The first-order valence-corrected chi connectivity index (χ1v) is 16.3. The van der Waals surface area contributed by atoms with Crippen molar-refractivity contribution in [3.63, 3.8) is 0 Å². The Bertz CT molecular complexity index is 1800. The lowest BCUT2D eigenvalue weighted by atomic mass is 9.68. The van der Waals surface area contributed by atoms with Gasteiger partial charge < -0.3 is 9.72 Å². The number of nitrogens with zero attached hydrogens (tertiary/aromatic N) is 1. The number of anilines is 1. The van der Waals surface area contributed by atoms with Crippen molar-refractivity contribution in [2.75, 3.05) is 4.90 Å². The molecule has 2 bridgehead atoms. The number of H-pyrrole nitrogens is 1. The van der Waals surface area contributed by atoms with E-state index in [-0.39, 0.29) is 57.4 Å². The largest absolute Gasteiger partial charge is 0.489 e. The molecule has 0 radical (unpaired) electrons. The monoisotopic (exact) mass is 614 g/mol. The van der Waals surface area contributed by atoms with Gasteiger partial charge in [0.25, 0.3) is 0 Å². The Morgan fingerprint density at radius 2 is 1.74 bits per heavy atom. The van der Waals surface area contributed by atoms with E-state index in [2.05, 4.69) is 24.0 Å². The Morgan fingerprint density at radius 3 is 2.52 bits per heavy atom. The van der Waals surface area contributed by atoms with E-state index < -0.39 is 0 Å². The number of rotatable bonds is 5. The van der Waals surface area contributed by atoms with Gasteiger partial charge in [-0.25, -0.2) is 0 Å². The molecule has 7 atom stereocenters. The van der Waals surface area contributed by atoms with E-state index in [0.29, 0.717) is 17.3 Å². The fraction of sp³-hybridized carbons (Fsp3) is 0.303. The van der Waals surface area contributed by atoms with Crippen LogP contribution in [0.2, 0.25) is 5.02 Å². The van der Waals surface area contributed by atoms with Gasteiger partial charge in [0.1, 0.15) is 12.4 Å². The molecule has 3 heterocycles. The summed E-state index contributed by atoms with van der Waals surface area (Å²) in [4.78, 5) is 45.8. The lowest BCUT2D eigenvalue weighted by Gasteiger charge is -2.43. The number of nitrogens with one attached hydrogen (secondary N) is 1. The van der Waals surface area contributed by atoms with Gasteiger partial charge >= 0.3 is 4.87 Å². The predicted octanol–water partition coefficient (Wildman–Crippen LogP) is 6.66. The van der Waals surface area contributed by atoms with Crippen LogP contribution < -0.4 is 14.5 Å². The molecule has 8 rings (SSSR count). The molecule has 1 aromatic heterocycles. The number of aromatic amines is 1. The van der Waals surface area contributed by atoms with E-state index >= 15 is 0 Å². The summed E-state index contributed by atoms with van der Waals surface area (Å²) in [5.41, 5.74) is 3.80. The van der Waals surface area contributed by atoms with Crippen LogP contribution in [0, 0.1) is 36.5 Å². The molecule has 4 aromatic rings. The quantitative estimate of drug-likeness (QED) is 0.255. The smallest absolute Gasteiger partial charge is 0.305 e. The summed E-state index contributed by atoms with van der Waals surface area (Å²) in [5.74, 6) is -0.201. The number of aromatic nitrogens is 1. The first-order valence-electron chi connectivity index (χ1n) is 14.2. The first kappa shape index (κ1) is 26.3. The van der Waals surface area contributed by atoms with Crippen LogP contribution in [0.15, 0.2) is 82.6 Å². The van der Waals surface area contributed by atoms with Crippen LogP contribution >= 0.6 is 34.7 Å². The summed E-state index contributed by atoms with van der Waals surface area (Å²) < 4.78 is 6.46. The van der Waals surface area contributed by atoms with E-state index in [1.807, 2.05) is 60.7 Å². The van der Waals surface area contributed by atoms with Crippen molar-refractivity contribution in [3.8, 4) is 5.75 Å². The normalized spacial score (nSPS) is 29.0. The summed E-state index contributed by atoms with van der Waals surface area (Å²) in [7, 11) is 0. The van der Waals surface area contributed by atoms with Crippen LogP contribution in [-0.2, 0) is 16.2 Å². The van der Waals surface area contributed by atoms with Crippen molar-refractivity contribution < 1.29 is 14.3 Å². The van der Waals surface area contributed by atoms with Gasteiger partial charge in [0.05, 0.1) is 22.5 Å². The summed E-state index contributed by atoms with van der Waals surface area (Å²) in [6.07, 6.45) is 0.827. The van der Waals surface area contributed by atoms with Crippen LogP contribution in [0.1, 0.15) is 33.9 Å². The SMILES string of the molecule is Cc1cccc(COc2ccc(Cl)cc2C2c3sc(=O)[nH]c3SC3C2[C@H]2C[C@@H]3C3C(=O)N(c4ccccc4)C(=O)C32)c1. The molecule has 0 spiro atoms. The number of carbonyl (C=O) groups excluding carboxylic acids is 2. The number of thiazole rings is 1. The number of fused-ring (bicyclic) bond motifs is 9. The van der Waals surface area contributed by atoms with Gasteiger partial charge in [-0.15, -0.1) is 11.8 Å². The predicted molar refractivity (Wildman–Crippen MR) is 164 cm³/mol. The average Bonchev–Trinajstić information content (AvgIpc) is 3.71. The van der Waals surface area contributed by atoms with E-state index in [0.717, 1.165) is 38.8 Å². The van der Waals surface area contributed by atoms with Crippen molar-refractivity contribution in [2.24, 2.45) is 29.6 Å². The standard InChI is InChI=1S/C33H27ClN2O4S2/c1-16-6-5-7-17(12-16)15-40-23-11-10-18(34)13-20(23)24-25-21-14-22(28(25)41-30-29(24)42-33(39)35-30)27-26(21)31(37)36(32(27)38)19-8-3-2-4-9-19/h2-13,21-22,24-28H,14-15H2,1H3,(H,35,39)/t21-,22-,24?,25?,26?,27?,28?/m1/s1. The number of aryl methyl sites for hydroxylation is 1. The third-order valence-electron chi connectivity index (χ3n) is 9.52. The number of halogens is 1. The van der Waals surface area contributed by atoms with Gasteiger partial charge in [0, 0.05) is 26.6 Å². The molecule has 4 aliphatic rings. The van der Waals surface area contributed by atoms with Crippen molar-refractivity contribution in [2.45, 2.75) is 36.1 Å². The highest BCUT2D eigenvalue weighted by Gasteiger charge is 2.69. The molecule has 2 aliphatic carbocycles. The maximum Gasteiger partial charge on any atom is 0.305 e. The third-order valence-corrected chi connectivity index (χ3v) is 12.3. The van der Waals surface area contributed by atoms with E-state index in [1.54, 1.807) is 11.8 Å². The number of thioether (sulfide) groups is 1. The maximum atomic E-state index is 14.0. The Balaban J connectivity index is 1.21. The zero-order valence-electron chi connectivity index (χ0n) is 22.7. The van der Waals surface area contributed by atoms with E-state index in [1.165, 1.54) is 16.2 Å². The highest BCUT2D eigenvalue weighted by molar-refractivity contribution is 8.00. The minimum absolute atomic E-state index is 0.0154. The zero-order chi connectivity index (χ0) is 28.7. The highest BCUT2D eigenvalue weighted by atomic mass is 35.5. The zero-order valence-corrected chi connectivity index (χ0v) is 25.0. The molecule has 2 saturated carbocycles.